The Labute approximate surface area is 130 Å². The molecule has 0 aliphatic carbocycles. The largest absolute Gasteiger partial charge is 0.493 e. The van der Waals surface area contributed by atoms with E-state index in [0.717, 1.165) is 0 Å². The van der Waals surface area contributed by atoms with Gasteiger partial charge >= 0.3 is 0 Å². The smallest absolute Gasteiger partial charge is 0.248 e. The quantitative estimate of drug-likeness (QED) is 0.692. The molecule has 6 nitrogen and oxygen atoms in total. The summed E-state index contributed by atoms with van der Waals surface area (Å²) < 4.78 is 5.40. The standard InChI is InChI=1S/C14H21N3O3.ClH/c1-14(2,16)9-17-12(18)6-7-20-11-5-3-4-10(8-11)13(15)19;/h3-5,8H,6-7,9,16H2,1-2H3,(H2,15,19)(H,17,18);1H. The van der Waals surface area contributed by atoms with Crippen molar-refractivity contribution in [2.24, 2.45) is 11.5 Å². The van der Waals surface area contributed by atoms with Crippen molar-refractivity contribution in [1.29, 1.82) is 0 Å². The lowest BCUT2D eigenvalue weighted by molar-refractivity contribution is -0.121. The molecule has 0 aliphatic heterocycles. The first-order chi connectivity index (χ1) is 9.28. The minimum atomic E-state index is -0.515. The van der Waals surface area contributed by atoms with E-state index in [4.69, 9.17) is 16.2 Å². The number of hydrogen-bond donors (Lipinski definition) is 3. The molecule has 0 heterocycles. The van der Waals surface area contributed by atoms with E-state index >= 15 is 0 Å². The van der Waals surface area contributed by atoms with Crippen molar-refractivity contribution in [2.75, 3.05) is 13.2 Å². The number of carbonyl (C=O) groups is 2. The predicted molar refractivity (Wildman–Crippen MR) is 83.6 cm³/mol. The summed E-state index contributed by atoms with van der Waals surface area (Å²) in [5, 5.41) is 2.72. The molecule has 7 heteroatoms. The van der Waals surface area contributed by atoms with Crippen LogP contribution in [0.3, 0.4) is 0 Å². The molecule has 0 aromatic heterocycles. The van der Waals surface area contributed by atoms with Crippen LogP contribution in [0, 0.1) is 0 Å². The summed E-state index contributed by atoms with van der Waals surface area (Å²) in [4.78, 5) is 22.5. The lowest BCUT2D eigenvalue weighted by atomic mass is 10.1. The average molecular weight is 316 g/mol. The van der Waals surface area contributed by atoms with Crippen molar-refractivity contribution in [1.82, 2.24) is 5.32 Å². The van der Waals surface area contributed by atoms with E-state index in [2.05, 4.69) is 5.32 Å². The minimum Gasteiger partial charge on any atom is -0.493 e. The number of primary amides is 1. The summed E-state index contributed by atoms with van der Waals surface area (Å²) >= 11 is 0. The molecule has 1 rings (SSSR count). The van der Waals surface area contributed by atoms with E-state index < -0.39 is 11.4 Å². The van der Waals surface area contributed by atoms with Crippen molar-refractivity contribution in [2.45, 2.75) is 25.8 Å². The first kappa shape index (κ1) is 19.2. The molecule has 0 spiro atoms. The summed E-state index contributed by atoms with van der Waals surface area (Å²) in [6.07, 6.45) is 0.219. The van der Waals surface area contributed by atoms with Crippen LogP contribution < -0.4 is 21.5 Å². The third kappa shape index (κ3) is 8.16. The summed E-state index contributed by atoms with van der Waals surface area (Å²) in [7, 11) is 0. The number of benzene rings is 1. The van der Waals surface area contributed by atoms with E-state index in [1.165, 1.54) is 0 Å². The maximum absolute atomic E-state index is 11.5. The van der Waals surface area contributed by atoms with Crippen LogP contribution in [0.2, 0.25) is 0 Å². The van der Waals surface area contributed by atoms with Gasteiger partial charge in [0.2, 0.25) is 11.8 Å². The molecule has 1 aromatic rings. The number of amides is 2. The van der Waals surface area contributed by atoms with Gasteiger partial charge in [-0.15, -0.1) is 12.4 Å². The highest BCUT2D eigenvalue weighted by Crippen LogP contribution is 2.13. The number of nitrogens with one attached hydrogen (secondary N) is 1. The molecule has 0 radical (unpaired) electrons. The van der Waals surface area contributed by atoms with Crippen molar-refractivity contribution in [3.05, 3.63) is 29.8 Å². The van der Waals surface area contributed by atoms with Gasteiger partial charge in [-0.1, -0.05) is 6.07 Å². The highest BCUT2D eigenvalue weighted by Gasteiger charge is 2.12. The van der Waals surface area contributed by atoms with Gasteiger partial charge in [-0.3, -0.25) is 9.59 Å². The molecule has 1 aromatic carbocycles. The first-order valence-electron chi connectivity index (χ1n) is 6.36. The van der Waals surface area contributed by atoms with Gasteiger partial charge in [0.1, 0.15) is 5.75 Å². The molecule has 21 heavy (non-hydrogen) atoms. The van der Waals surface area contributed by atoms with Gasteiger partial charge in [0, 0.05) is 17.6 Å². The van der Waals surface area contributed by atoms with Crippen LogP contribution in [-0.2, 0) is 4.79 Å². The first-order valence-corrected chi connectivity index (χ1v) is 6.36. The van der Waals surface area contributed by atoms with Crippen LogP contribution in [0.15, 0.2) is 24.3 Å². The highest BCUT2D eigenvalue weighted by atomic mass is 35.5. The Balaban J connectivity index is 0.00000400. The molecule has 0 atom stereocenters. The second kappa shape index (κ2) is 8.49. The van der Waals surface area contributed by atoms with E-state index in [1.807, 2.05) is 13.8 Å². The number of halogens is 1. The molecule has 5 N–H and O–H groups in total. The Hall–Kier alpha value is -1.79. The van der Waals surface area contributed by atoms with Crippen molar-refractivity contribution in [3.63, 3.8) is 0 Å². The Kier molecular flexibility index (Phi) is 7.76. The zero-order valence-corrected chi connectivity index (χ0v) is 13.0. The number of hydrogen-bond acceptors (Lipinski definition) is 4. The molecular formula is C14H22ClN3O3. The molecule has 0 unspecified atom stereocenters. The van der Waals surface area contributed by atoms with Crippen molar-refractivity contribution >= 4 is 24.2 Å². The molecule has 2 amide bonds. The topological polar surface area (TPSA) is 107 Å². The predicted octanol–water partition coefficient (Wildman–Crippen LogP) is 0.830. The lowest BCUT2D eigenvalue weighted by Gasteiger charge is -2.18. The second-order valence-electron chi connectivity index (χ2n) is 5.26. The van der Waals surface area contributed by atoms with Crippen LogP contribution in [0.1, 0.15) is 30.6 Å². The van der Waals surface area contributed by atoms with Gasteiger partial charge in [0.05, 0.1) is 13.0 Å². The fourth-order valence-corrected chi connectivity index (χ4v) is 1.42. The number of rotatable bonds is 7. The minimum absolute atomic E-state index is 0. The third-order valence-corrected chi connectivity index (χ3v) is 2.46. The van der Waals surface area contributed by atoms with E-state index in [1.54, 1.807) is 24.3 Å². The monoisotopic (exact) mass is 315 g/mol. The van der Waals surface area contributed by atoms with Crippen molar-refractivity contribution in [3.8, 4) is 5.75 Å². The summed E-state index contributed by atoms with van der Waals surface area (Å²) in [5.74, 6) is -0.138. The van der Waals surface area contributed by atoms with Crippen LogP contribution >= 0.6 is 12.4 Å². The summed E-state index contributed by atoms with van der Waals surface area (Å²) in [6.45, 7) is 4.29. The number of carbonyl (C=O) groups excluding carboxylic acids is 2. The number of nitrogens with two attached hydrogens (primary N) is 2. The second-order valence-corrected chi connectivity index (χ2v) is 5.26. The SMILES string of the molecule is CC(C)(N)CNC(=O)CCOc1cccc(C(N)=O)c1.Cl. The molecule has 0 saturated heterocycles. The zero-order chi connectivity index (χ0) is 15.2. The molecular weight excluding hydrogens is 294 g/mol. The molecule has 0 saturated carbocycles. The van der Waals surface area contributed by atoms with Crippen LogP contribution in [0.25, 0.3) is 0 Å². The van der Waals surface area contributed by atoms with Gasteiger partial charge in [0.15, 0.2) is 0 Å². The molecule has 118 valence electrons. The van der Waals surface area contributed by atoms with Crippen LogP contribution in [-0.4, -0.2) is 30.5 Å². The fourth-order valence-electron chi connectivity index (χ4n) is 1.42. The number of ether oxygens (including phenoxy) is 1. The van der Waals surface area contributed by atoms with Gasteiger partial charge in [-0.25, -0.2) is 0 Å². The van der Waals surface area contributed by atoms with Gasteiger partial charge < -0.3 is 21.5 Å². The molecule has 0 aliphatic rings. The van der Waals surface area contributed by atoms with E-state index in [-0.39, 0.29) is 31.3 Å². The Morgan fingerprint density at radius 3 is 2.57 bits per heavy atom. The van der Waals surface area contributed by atoms with Crippen molar-refractivity contribution < 1.29 is 14.3 Å². The summed E-state index contributed by atoms with van der Waals surface area (Å²) in [5.41, 5.74) is 10.9. The van der Waals surface area contributed by atoms with Gasteiger partial charge in [-0.05, 0) is 32.0 Å². The van der Waals surface area contributed by atoms with Gasteiger partial charge in [-0.2, -0.15) is 0 Å². The maximum atomic E-state index is 11.5. The Morgan fingerprint density at radius 1 is 1.33 bits per heavy atom. The summed E-state index contributed by atoms with van der Waals surface area (Å²) in [6, 6.07) is 6.52. The fraction of sp³-hybridized carbons (Fsp3) is 0.429. The average Bonchev–Trinajstić information content (AvgIpc) is 2.36. The zero-order valence-electron chi connectivity index (χ0n) is 12.2. The lowest BCUT2D eigenvalue weighted by Crippen LogP contribution is -2.45. The van der Waals surface area contributed by atoms with E-state index in [9.17, 15) is 9.59 Å². The molecule has 0 fully saturated rings. The maximum Gasteiger partial charge on any atom is 0.248 e. The van der Waals surface area contributed by atoms with E-state index in [0.29, 0.717) is 17.9 Å². The molecule has 0 bridgehead atoms. The highest BCUT2D eigenvalue weighted by molar-refractivity contribution is 5.93. The Bertz CT molecular complexity index is 487. The Morgan fingerprint density at radius 2 is 2.00 bits per heavy atom. The van der Waals surface area contributed by atoms with Crippen LogP contribution in [0.5, 0.6) is 5.75 Å². The van der Waals surface area contributed by atoms with Gasteiger partial charge in [0.25, 0.3) is 0 Å². The normalized spacial score (nSPS) is 10.4. The third-order valence-electron chi connectivity index (χ3n) is 2.46. The van der Waals surface area contributed by atoms with Crippen LogP contribution in [0.4, 0.5) is 0 Å².